The van der Waals surface area contributed by atoms with Gasteiger partial charge in [0.05, 0.1) is 0 Å². The van der Waals surface area contributed by atoms with Gasteiger partial charge in [0.1, 0.15) is 7.85 Å². The van der Waals surface area contributed by atoms with Crippen LogP contribution in [0.1, 0.15) is 19.8 Å². The third-order valence-electron chi connectivity index (χ3n) is 1.62. The van der Waals surface area contributed by atoms with E-state index in [4.69, 9.17) is 13.6 Å². The molecule has 0 saturated heterocycles. The molecule has 0 spiro atoms. The Morgan fingerprint density at radius 3 is 2.67 bits per heavy atom. The molecule has 0 aliphatic heterocycles. The van der Waals surface area contributed by atoms with Crippen molar-refractivity contribution in [2.24, 2.45) is 5.73 Å². The second-order valence-electron chi connectivity index (χ2n) is 2.45. The molecule has 0 amide bonds. The zero-order chi connectivity index (χ0) is 6.85. The Kier molecular flexibility index (Phi) is 1.65. The van der Waals surface area contributed by atoms with Crippen LogP contribution in [0.5, 0.6) is 0 Å². The van der Waals surface area contributed by atoms with Crippen LogP contribution in [0.2, 0.25) is 0 Å². The van der Waals surface area contributed by atoms with E-state index in [1.807, 2.05) is 13.0 Å². The van der Waals surface area contributed by atoms with Crippen molar-refractivity contribution in [2.75, 3.05) is 0 Å². The summed E-state index contributed by atoms with van der Waals surface area (Å²) < 4.78 is 0. The fourth-order valence-corrected chi connectivity index (χ4v) is 0.871. The minimum atomic E-state index is 0.846. The van der Waals surface area contributed by atoms with Crippen LogP contribution in [0.25, 0.3) is 0 Å². The van der Waals surface area contributed by atoms with Gasteiger partial charge in [-0.15, -0.1) is 5.47 Å². The predicted octanol–water partition coefficient (Wildman–Crippen LogP) is 1.07. The molecule has 0 aromatic rings. The maximum atomic E-state index is 5.59. The first-order chi connectivity index (χ1) is 4.20. The van der Waals surface area contributed by atoms with Gasteiger partial charge in [-0.3, -0.25) is 0 Å². The van der Waals surface area contributed by atoms with Gasteiger partial charge in [0.25, 0.3) is 0 Å². The first-order valence-corrected chi connectivity index (χ1v) is 3.11. The minimum absolute atomic E-state index is 0.846. The number of nitrogens with two attached hydrogens (primary N) is 1. The summed E-state index contributed by atoms with van der Waals surface area (Å²) in [5.74, 6) is 0. The Morgan fingerprint density at radius 2 is 2.22 bits per heavy atom. The lowest BCUT2D eigenvalue weighted by molar-refractivity contribution is 0.919. The highest BCUT2D eigenvalue weighted by molar-refractivity contribution is 6.21. The highest BCUT2D eigenvalue weighted by Crippen LogP contribution is 2.17. The van der Waals surface area contributed by atoms with Crippen LogP contribution in [0.4, 0.5) is 0 Å². The normalized spacial score (nSPS) is 19.9. The quantitative estimate of drug-likeness (QED) is 0.474. The van der Waals surface area contributed by atoms with Crippen LogP contribution >= 0.6 is 0 Å². The van der Waals surface area contributed by atoms with Crippen LogP contribution in [-0.2, 0) is 0 Å². The molecule has 2 radical (unpaired) electrons. The minimum Gasteiger partial charge on any atom is -0.399 e. The summed E-state index contributed by atoms with van der Waals surface area (Å²) >= 11 is 0. The fourth-order valence-electron chi connectivity index (χ4n) is 0.871. The van der Waals surface area contributed by atoms with Gasteiger partial charge in [-0.1, -0.05) is 11.6 Å². The molecule has 1 aliphatic carbocycles. The summed E-state index contributed by atoms with van der Waals surface area (Å²) in [5, 5.41) is 0. The summed E-state index contributed by atoms with van der Waals surface area (Å²) in [5.41, 5.74) is 8.59. The SMILES string of the molecule is [B]C1=CC(N)=C(C)CC1. The van der Waals surface area contributed by atoms with E-state index < -0.39 is 0 Å². The highest BCUT2D eigenvalue weighted by atomic mass is 14.6. The van der Waals surface area contributed by atoms with Gasteiger partial charge in [0.2, 0.25) is 0 Å². The number of allylic oxidation sites excluding steroid dienone is 3. The summed E-state index contributed by atoms with van der Waals surface area (Å²) in [6, 6.07) is 0. The van der Waals surface area contributed by atoms with Crippen LogP contribution < -0.4 is 5.73 Å². The molecule has 0 atom stereocenters. The van der Waals surface area contributed by atoms with Crippen molar-refractivity contribution in [2.45, 2.75) is 19.8 Å². The molecule has 46 valence electrons. The van der Waals surface area contributed by atoms with Crippen LogP contribution in [-0.4, -0.2) is 7.85 Å². The molecule has 1 rings (SSSR count). The Hall–Kier alpha value is -0.655. The van der Waals surface area contributed by atoms with E-state index in [-0.39, 0.29) is 0 Å². The second kappa shape index (κ2) is 2.30. The molecule has 9 heavy (non-hydrogen) atoms. The lowest BCUT2D eigenvalue weighted by Crippen LogP contribution is -2.04. The van der Waals surface area contributed by atoms with E-state index in [1.54, 1.807) is 0 Å². The van der Waals surface area contributed by atoms with Crippen LogP contribution in [0.3, 0.4) is 0 Å². The molecule has 0 fully saturated rings. The monoisotopic (exact) mass is 119 g/mol. The van der Waals surface area contributed by atoms with Gasteiger partial charge in [-0.2, -0.15) is 0 Å². The zero-order valence-corrected chi connectivity index (χ0v) is 5.65. The third kappa shape index (κ3) is 1.38. The lowest BCUT2D eigenvalue weighted by atomic mass is 9.85. The highest BCUT2D eigenvalue weighted by Gasteiger charge is 2.02. The van der Waals surface area contributed by atoms with Gasteiger partial charge in [-0.25, -0.2) is 0 Å². The lowest BCUT2D eigenvalue weighted by Gasteiger charge is -2.11. The largest absolute Gasteiger partial charge is 0.399 e. The first-order valence-electron chi connectivity index (χ1n) is 3.11. The molecule has 0 heterocycles. The van der Waals surface area contributed by atoms with E-state index in [2.05, 4.69) is 0 Å². The molecule has 1 nitrogen and oxygen atoms in total. The summed E-state index contributed by atoms with van der Waals surface area (Å²) in [4.78, 5) is 0. The van der Waals surface area contributed by atoms with Gasteiger partial charge >= 0.3 is 0 Å². The van der Waals surface area contributed by atoms with Crippen molar-refractivity contribution in [1.82, 2.24) is 0 Å². The smallest absolute Gasteiger partial charge is 0.107 e. The standard InChI is InChI=1S/C7H10BN/c1-5-2-3-6(8)4-7(5)9/h4H,2-3,9H2,1H3. The van der Waals surface area contributed by atoms with Crippen molar-refractivity contribution in [3.8, 4) is 0 Å². The number of hydrogen-bond donors (Lipinski definition) is 1. The van der Waals surface area contributed by atoms with E-state index in [0.717, 1.165) is 24.0 Å². The van der Waals surface area contributed by atoms with E-state index >= 15 is 0 Å². The van der Waals surface area contributed by atoms with Crippen LogP contribution in [0.15, 0.2) is 22.8 Å². The Bertz CT molecular complexity index is 179. The molecular formula is C7H10BN. The third-order valence-corrected chi connectivity index (χ3v) is 1.62. The Labute approximate surface area is 57.0 Å². The van der Waals surface area contributed by atoms with Crippen molar-refractivity contribution >= 4 is 7.85 Å². The molecule has 0 bridgehead atoms. The topological polar surface area (TPSA) is 26.0 Å². The molecule has 2 heteroatoms. The molecular weight excluding hydrogens is 109 g/mol. The number of hydrogen-bond acceptors (Lipinski definition) is 1. The van der Waals surface area contributed by atoms with Crippen molar-refractivity contribution in [3.63, 3.8) is 0 Å². The fraction of sp³-hybridized carbons (Fsp3) is 0.429. The van der Waals surface area contributed by atoms with Crippen molar-refractivity contribution in [1.29, 1.82) is 0 Å². The van der Waals surface area contributed by atoms with Gasteiger partial charge in [0, 0.05) is 5.70 Å². The summed E-state index contributed by atoms with van der Waals surface area (Å²) in [7, 11) is 5.53. The van der Waals surface area contributed by atoms with Crippen LogP contribution in [0, 0.1) is 0 Å². The van der Waals surface area contributed by atoms with Crippen molar-refractivity contribution in [3.05, 3.63) is 22.8 Å². The maximum absolute atomic E-state index is 5.59. The van der Waals surface area contributed by atoms with Gasteiger partial charge in [0.15, 0.2) is 0 Å². The van der Waals surface area contributed by atoms with E-state index in [1.165, 1.54) is 5.57 Å². The first kappa shape index (κ1) is 6.46. The average molecular weight is 119 g/mol. The second-order valence-corrected chi connectivity index (χ2v) is 2.45. The number of rotatable bonds is 0. The Morgan fingerprint density at radius 1 is 1.56 bits per heavy atom. The average Bonchev–Trinajstić information content (AvgIpc) is 1.80. The zero-order valence-electron chi connectivity index (χ0n) is 5.65. The molecule has 0 aromatic heterocycles. The predicted molar refractivity (Wildman–Crippen MR) is 40.0 cm³/mol. The molecule has 2 N–H and O–H groups in total. The maximum Gasteiger partial charge on any atom is 0.107 e. The summed E-state index contributed by atoms with van der Waals surface area (Å²) in [6.07, 6.45) is 3.83. The molecule has 1 aliphatic rings. The Balaban J connectivity index is 2.83. The van der Waals surface area contributed by atoms with E-state index in [9.17, 15) is 0 Å². The van der Waals surface area contributed by atoms with E-state index in [0.29, 0.717) is 0 Å². The van der Waals surface area contributed by atoms with Crippen molar-refractivity contribution < 1.29 is 0 Å². The molecule has 0 saturated carbocycles. The van der Waals surface area contributed by atoms with Gasteiger partial charge in [-0.05, 0) is 19.8 Å². The van der Waals surface area contributed by atoms with Gasteiger partial charge < -0.3 is 5.73 Å². The molecule has 0 unspecified atom stereocenters. The summed E-state index contributed by atoms with van der Waals surface area (Å²) in [6.45, 7) is 2.04. The molecule has 0 aromatic carbocycles.